The molecule has 4 rings (SSSR count). The number of benzene rings is 1. The summed E-state index contributed by atoms with van der Waals surface area (Å²) in [5, 5.41) is 3.07. The molecule has 1 atom stereocenters. The number of rotatable bonds is 8. The first-order valence-corrected chi connectivity index (χ1v) is 11.0. The molecule has 0 aliphatic carbocycles. The van der Waals surface area contributed by atoms with Gasteiger partial charge in [0.25, 0.3) is 0 Å². The number of likely N-dealkylation sites (N-methyl/N-ethyl adjacent to an activating group) is 1. The maximum Gasteiger partial charge on any atom is 0.228 e. The molecule has 0 radical (unpaired) electrons. The Bertz CT molecular complexity index is 1110. The number of aromatic nitrogens is 3. The monoisotopic (exact) mass is 444 g/mol. The van der Waals surface area contributed by atoms with Crippen LogP contribution in [0.4, 0.5) is 5.82 Å². The summed E-state index contributed by atoms with van der Waals surface area (Å²) in [7, 11) is 3.54. The van der Waals surface area contributed by atoms with Gasteiger partial charge in [-0.25, -0.2) is 9.97 Å². The van der Waals surface area contributed by atoms with Crippen molar-refractivity contribution in [3.63, 3.8) is 0 Å². The minimum absolute atomic E-state index is 0.00964. The Labute approximate surface area is 193 Å². The summed E-state index contributed by atoms with van der Waals surface area (Å²) in [4.78, 5) is 42.2. The van der Waals surface area contributed by atoms with Crippen molar-refractivity contribution in [3.05, 3.63) is 83.6 Å². The Balaban J connectivity index is 1.45. The lowest BCUT2D eigenvalue weighted by atomic mass is 10.0. The SMILES string of the molecule is CNc1cc([C@@H]2CC(=O)N(Cc3ccccc3)C2)nc(CN(C)C(=O)Cc2ccccn2)n1. The van der Waals surface area contributed by atoms with Crippen LogP contribution < -0.4 is 5.32 Å². The Morgan fingerprint density at radius 1 is 1.15 bits per heavy atom. The molecule has 170 valence electrons. The third-order valence-corrected chi connectivity index (χ3v) is 5.76. The fourth-order valence-electron chi connectivity index (χ4n) is 3.95. The molecule has 1 aliphatic heterocycles. The maximum absolute atomic E-state index is 12.7. The second kappa shape index (κ2) is 10.2. The molecule has 1 fully saturated rings. The third-order valence-electron chi connectivity index (χ3n) is 5.76. The predicted octanol–water partition coefficient (Wildman–Crippen LogP) is 2.63. The van der Waals surface area contributed by atoms with Crippen LogP contribution >= 0.6 is 0 Å². The van der Waals surface area contributed by atoms with Gasteiger partial charge in [0.05, 0.1) is 18.7 Å². The first-order valence-electron chi connectivity index (χ1n) is 11.0. The van der Waals surface area contributed by atoms with Crippen LogP contribution in [0.25, 0.3) is 0 Å². The molecule has 33 heavy (non-hydrogen) atoms. The third kappa shape index (κ3) is 5.71. The lowest BCUT2D eigenvalue weighted by Crippen LogP contribution is -2.29. The maximum atomic E-state index is 12.7. The van der Waals surface area contributed by atoms with E-state index in [2.05, 4.69) is 15.3 Å². The molecule has 1 aliphatic rings. The molecule has 2 aromatic heterocycles. The van der Waals surface area contributed by atoms with Crippen LogP contribution in [-0.2, 0) is 29.1 Å². The molecule has 0 unspecified atom stereocenters. The molecule has 8 heteroatoms. The molecule has 1 aromatic carbocycles. The zero-order valence-electron chi connectivity index (χ0n) is 18.9. The fraction of sp³-hybridized carbons (Fsp3) is 0.320. The number of pyridine rings is 1. The molecule has 0 spiro atoms. The molecule has 3 aromatic rings. The molecular weight excluding hydrogens is 416 g/mol. The molecule has 1 N–H and O–H groups in total. The highest BCUT2D eigenvalue weighted by Crippen LogP contribution is 2.29. The van der Waals surface area contributed by atoms with Gasteiger partial charge in [0, 0.05) is 57.5 Å². The number of hydrogen-bond donors (Lipinski definition) is 1. The average molecular weight is 445 g/mol. The van der Waals surface area contributed by atoms with Crippen LogP contribution in [0, 0.1) is 0 Å². The predicted molar refractivity (Wildman–Crippen MR) is 125 cm³/mol. The van der Waals surface area contributed by atoms with Crippen LogP contribution in [0.1, 0.15) is 35.1 Å². The van der Waals surface area contributed by atoms with Crippen LogP contribution in [0.5, 0.6) is 0 Å². The van der Waals surface area contributed by atoms with Gasteiger partial charge in [-0.15, -0.1) is 0 Å². The van der Waals surface area contributed by atoms with Crippen LogP contribution in [0.15, 0.2) is 60.8 Å². The smallest absolute Gasteiger partial charge is 0.228 e. The highest BCUT2D eigenvalue weighted by atomic mass is 16.2. The molecule has 0 bridgehead atoms. The summed E-state index contributed by atoms with van der Waals surface area (Å²) in [6.07, 6.45) is 2.32. The summed E-state index contributed by atoms with van der Waals surface area (Å²) in [6.45, 7) is 1.49. The Kier molecular flexibility index (Phi) is 6.92. The van der Waals surface area contributed by atoms with Crippen molar-refractivity contribution < 1.29 is 9.59 Å². The number of amides is 2. The van der Waals surface area contributed by atoms with E-state index in [0.29, 0.717) is 31.2 Å². The highest BCUT2D eigenvalue weighted by molar-refractivity contribution is 5.80. The number of anilines is 1. The minimum Gasteiger partial charge on any atom is -0.373 e. The standard InChI is InChI=1S/C25H28N6O2/c1-26-22-14-21(19-12-25(33)31(16-19)15-18-8-4-3-5-9-18)28-23(29-22)17-30(2)24(32)13-20-10-6-7-11-27-20/h3-11,14,19H,12-13,15-17H2,1-2H3,(H,26,28,29)/t19-/m1/s1. The fourth-order valence-corrected chi connectivity index (χ4v) is 3.95. The van der Waals surface area contributed by atoms with Crippen LogP contribution in [0.2, 0.25) is 0 Å². The summed E-state index contributed by atoms with van der Waals surface area (Å²) in [5.41, 5.74) is 2.65. The molecule has 3 heterocycles. The van der Waals surface area contributed by atoms with E-state index in [4.69, 9.17) is 4.98 Å². The zero-order valence-corrected chi connectivity index (χ0v) is 18.9. The van der Waals surface area contributed by atoms with Gasteiger partial charge < -0.3 is 15.1 Å². The molecule has 0 saturated carbocycles. The topological polar surface area (TPSA) is 91.3 Å². The normalized spacial score (nSPS) is 15.5. The van der Waals surface area contributed by atoms with Crippen molar-refractivity contribution >= 4 is 17.6 Å². The van der Waals surface area contributed by atoms with E-state index in [0.717, 1.165) is 17.0 Å². The van der Waals surface area contributed by atoms with E-state index in [9.17, 15) is 9.59 Å². The van der Waals surface area contributed by atoms with Crippen molar-refractivity contribution in [3.8, 4) is 0 Å². The van der Waals surface area contributed by atoms with E-state index >= 15 is 0 Å². The quantitative estimate of drug-likeness (QED) is 0.574. The van der Waals surface area contributed by atoms with E-state index in [-0.39, 0.29) is 30.7 Å². The van der Waals surface area contributed by atoms with Crippen molar-refractivity contribution in [2.45, 2.75) is 31.8 Å². The van der Waals surface area contributed by atoms with Crippen molar-refractivity contribution in [2.24, 2.45) is 0 Å². The molecule has 8 nitrogen and oxygen atoms in total. The summed E-state index contributed by atoms with van der Waals surface area (Å²) >= 11 is 0. The van der Waals surface area contributed by atoms with Gasteiger partial charge in [0.15, 0.2) is 0 Å². The lowest BCUT2D eigenvalue weighted by molar-refractivity contribution is -0.130. The summed E-state index contributed by atoms with van der Waals surface area (Å²) < 4.78 is 0. The second-order valence-corrected chi connectivity index (χ2v) is 8.25. The number of nitrogens with one attached hydrogen (secondary N) is 1. The highest BCUT2D eigenvalue weighted by Gasteiger charge is 2.32. The first-order chi connectivity index (χ1) is 16.0. The molecular formula is C25H28N6O2. The van der Waals surface area contributed by atoms with Gasteiger partial charge in [-0.2, -0.15) is 0 Å². The molecule has 1 saturated heterocycles. The van der Waals surface area contributed by atoms with Gasteiger partial charge in [-0.05, 0) is 17.7 Å². The largest absolute Gasteiger partial charge is 0.373 e. The van der Waals surface area contributed by atoms with Gasteiger partial charge in [-0.3, -0.25) is 14.6 Å². The van der Waals surface area contributed by atoms with E-state index < -0.39 is 0 Å². The van der Waals surface area contributed by atoms with Crippen LogP contribution in [-0.4, -0.2) is 57.2 Å². The number of likely N-dealkylation sites (tertiary alicyclic amines) is 1. The van der Waals surface area contributed by atoms with Gasteiger partial charge in [0.2, 0.25) is 11.8 Å². The van der Waals surface area contributed by atoms with Gasteiger partial charge >= 0.3 is 0 Å². The second-order valence-electron chi connectivity index (χ2n) is 8.25. The molecule has 2 amide bonds. The van der Waals surface area contributed by atoms with E-state index in [1.54, 1.807) is 25.2 Å². The summed E-state index contributed by atoms with van der Waals surface area (Å²) in [5.74, 6) is 1.28. The van der Waals surface area contributed by atoms with Crippen molar-refractivity contribution in [1.82, 2.24) is 24.8 Å². The van der Waals surface area contributed by atoms with E-state index in [1.807, 2.05) is 59.5 Å². The lowest BCUT2D eigenvalue weighted by Gasteiger charge is -2.19. The van der Waals surface area contributed by atoms with Crippen LogP contribution in [0.3, 0.4) is 0 Å². The Morgan fingerprint density at radius 3 is 2.67 bits per heavy atom. The number of carbonyl (C=O) groups excluding carboxylic acids is 2. The van der Waals surface area contributed by atoms with E-state index in [1.165, 1.54) is 0 Å². The van der Waals surface area contributed by atoms with Crippen molar-refractivity contribution in [1.29, 1.82) is 0 Å². The average Bonchev–Trinajstić information content (AvgIpc) is 3.20. The Hall–Kier alpha value is -3.81. The zero-order chi connectivity index (χ0) is 23.2. The van der Waals surface area contributed by atoms with Gasteiger partial charge in [-0.1, -0.05) is 36.4 Å². The number of carbonyl (C=O) groups is 2. The Morgan fingerprint density at radius 2 is 1.94 bits per heavy atom. The summed E-state index contributed by atoms with van der Waals surface area (Å²) in [6, 6.07) is 17.4. The number of nitrogens with zero attached hydrogens (tertiary/aromatic N) is 5. The van der Waals surface area contributed by atoms with Gasteiger partial charge in [0.1, 0.15) is 11.6 Å². The number of hydrogen-bond acceptors (Lipinski definition) is 6. The minimum atomic E-state index is -0.0567. The van der Waals surface area contributed by atoms with Crippen molar-refractivity contribution in [2.75, 3.05) is 26.0 Å². The first kappa shape index (κ1) is 22.4.